The minimum absolute atomic E-state index is 0.128. The highest BCUT2D eigenvalue weighted by molar-refractivity contribution is 5.76. The van der Waals surface area contributed by atoms with E-state index in [0.29, 0.717) is 5.69 Å². The molecule has 2 heterocycles. The number of nitrogens with zero attached hydrogens (tertiary/aromatic N) is 5. The molecule has 0 aliphatic heterocycles. The maximum atomic E-state index is 10.7. The molecule has 1 atom stereocenters. The molecular formula is C13H12N6O2. The summed E-state index contributed by atoms with van der Waals surface area (Å²) in [7, 11) is 0. The number of hydrogen-bond donors (Lipinski definition) is 2. The molecule has 2 aromatic heterocycles. The van der Waals surface area contributed by atoms with Gasteiger partial charge in [-0.3, -0.25) is 14.8 Å². The van der Waals surface area contributed by atoms with Gasteiger partial charge in [-0.2, -0.15) is 0 Å². The Kier molecular flexibility index (Phi) is 3.28. The van der Waals surface area contributed by atoms with Gasteiger partial charge in [0.25, 0.3) is 0 Å². The monoisotopic (exact) mass is 284 g/mol. The average molecular weight is 284 g/mol. The van der Waals surface area contributed by atoms with E-state index in [4.69, 9.17) is 10.8 Å². The standard InChI is InChI=1S/C13H12N6O2/c14-10(13(20)21)5-8-7-19(18-17-8)9-1-2-11-12(6-9)16-4-3-15-11/h1-4,6-7,10H,5,14H2,(H,20,21). The van der Waals surface area contributed by atoms with E-state index < -0.39 is 12.0 Å². The molecule has 0 amide bonds. The van der Waals surface area contributed by atoms with Crippen LogP contribution in [-0.2, 0) is 11.2 Å². The van der Waals surface area contributed by atoms with Crippen LogP contribution in [0.25, 0.3) is 16.7 Å². The van der Waals surface area contributed by atoms with E-state index >= 15 is 0 Å². The smallest absolute Gasteiger partial charge is 0.320 e. The van der Waals surface area contributed by atoms with Gasteiger partial charge in [0.1, 0.15) is 6.04 Å². The summed E-state index contributed by atoms with van der Waals surface area (Å²) in [6, 6.07) is 4.52. The second-order valence-corrected chi connectivity index (χ2v) is 4.53. The van der Waals surface area contributed by atoms with Crippen LogP contribution in [0.3, 0.4) is 0 Å². The molecule has 1 aromatic carbocycles. The highest BCUT2D eigenvalue weighted by Gasteiger charge is 2.14. The number of fused-ring (bicyclic) bond motifs is 1. The molecule has 8 nitrogen and oxygen atoms in total. The highest BCUT2D eigenvalue weighted by Crippen LogP contribution is 2.14. The zero-order valence-corrected chi connectivity index (χ0v) is 10.9. The normalized spacial score (nSPS) is 12.4. The Morgan fingerprint density at radius 2 is 2.05 bits per heavy atom. The Morgan fingerprint density at radius 1 is 1.29 bits per heavy atom. The Bertz CT molecular complexity index is 800. The lowest BCUT2D eigenvalue weighted by molar-refractivity contribution is -0.138. The Morgan fingerprint density at radius 3 is 2.81 bits per heavy atom. The van der Waals surface area contributed by atoms with Gasteiger partial charge in [-0.1, -0.05) is 5.21 Å². The summed E-state index contributed by atoms with van der Waals surface area (Å²) >= 11 is 0. The summed E-state index contributed by atoms with van der Waals surface area (Å²) in [6.45, 7) is 0. The molecule has 0 fully saturated rings. The predicted octanol–water partition coefficient (Wildman–Crippen LogP) is 0.165. The van der Waals surface area contributed by atoms with Crippen molar-refractivity contribution in [1.82, 2.24) is 25.0 Å². The van der Waals surface area contributed by atoms with Gasteiger partial charge in [-0.15, -0.1) is 5.10 Å². The fraction of sp³-hybridized carbons (Fsp3) is 0.154. The maximum Gasteiger partial charge on any atom is 0.320 e. The molecule has 0 saturated heterocycles. The predicted molar refractivity (Wildman–Crippen MR) is 73.8 cm³/mol. The molecule has 0 aliphatic carbocycles. The minimum atomic E-state index is -1.06. The van der Waals surface area contributed by atoms with E-state index in [0.717, 1.165) is 16.7 Å². The molecule has 1 unspecified atom stereocenters. The number of rotatable bonds is 4. The van der Waals surface area contributed by atoms with Crippen LogP contribution in [0.2, 0.25) is 0 Å². The molecule has 3 rings (SSSR count). The second-order valence-electron chi connectivity index (χ2n) is 4.53. The fourth-order valence-corrected chi connectivity index (χ4v) is 1.92. The number of carbonyl (C=O) groups is 1. The number of nitrogens with two attached hydrogens (primary N) is 1. The lowest BCUT2D eigenvalue weighted by Gasteiger charge is -2.02. The van der Waals surface area contributed by atoms with Crippen LogP contribution in [0.15, 0.2) is 36.8 Å². The average Bonchev–Trinajstić information content (AvgIpc) is 2.95. The first kappa shape index (κ1) is 13.1. The summed E-state index contributed by atoms with van der Waals surface area (Å²) in [5, 5.41) is 16.7. The number of aliphatic carboxylic acids is 1. The van der Waals surface area contributed by atoms with Crippen LogP contribution in [-0.4, -0.2) is 42.1 Å². The fourth-order valence-electron chi connectivity index (χ4n) is 1.92. The first-order chi connectivity index (χ1) is 10.1. The molecule has 0 saturated carbocycles. The van der Waals surface area contributed by atoms with E-state index in [9.17, 15) is 4.79 Å². The lowest BCUT2D eigenvalue weighted by Crippen LogP contribution is -2.32. The molecule has 0 aliphatic rings. The first-order valence-electron chi connectivity index (χ1n) is 6.24. The van der Waals surface area contributed by atoms with E-state index in [-0.39, 0.29) is 6.42 Å². The van der Waals surface area contributed by atoms with Crippen LogP contribution < -0.4 is 5.73 Å². The quantitative estimate of drug-likeness (QED) is 0.700. The number of carboxylic acid groups (broad SMARTS) is 1. The Balaban J connectivity index is 1.89. The largest absolute Gasteiger partial charge is 0.480 e. The maximum absolute atomic E-state index is 10.7. The SMILES string of the molecule is NC(Cc1cn(-c2ccc3nccnc3c2)nn1)C(=O)O. The molecule has 0 radical (unpaired) electrons. The number of benzene rings is 1. The summed E-state index contributed by atoms with van der Waals surface area (Å²) in [4.78, 5) is 19.1. The van der Waals surface area contributed by atoms with Crippen molar-refractivity contribution >= 4 is 17.0 Å². The van der Waals surface area contributed by atoms with E-state index in [2.05, 4.69) is 20.3 Å². The van der Waals surface area contributed by atoms with Gasteiger partial charge in [0.05, 0.1) is 28.6 Å². The van der Waals surface area contributed by atoms with Crippen molar-refractivity contribution in [3.63, 3.8) is 0 Å². The summed E-state index contributed by atoms with van der Waals surface area (Å²) in [6.07, 6.45) is 5.02. The third-order valence-electron chi connectivity index (χ3n) is 3.00. The second kappa shape index (κ2) is 5.25. The van der Waals surface area contributed by atoms with Gasteiger partial charge in [-0.25, -0.2) is 4.68 Å². The number of hydrogen-bond acceptors (Lipinski definition) is 6. The zero-order chi connectivity index (χ0) is 14.8. The Labute approximate surface area is 119 Å². The molecule has 106 valence electrons. The molecule has 3 aromatic rings. The van der Waals surface area contributed by atoms with Gasteiger partial charge < -0.3 is 10.8 Å². The van der Waals surface area contributed by atoms with Crippen LogP contribution in [0.5, 0.6) is 0 Å². The van der Waals surface area contributed by atoms with Crippen molar-refractivity contribution in [2.75, 3.05) is 0 Å². The molecule has 0 bridgehead atoms. The summed E-state index contributed by atoms with van der Waals surface area (Å²) in [5.41, 5.74) is 8.29. The van der Waals surface area contributed by atoms with Crippen molar-refractivity contribution in [2.24, 2.45) is 5.73 Å². The van der Waals surface area contributed by atoms with Crippen molar-refractivity contribution in [1.29, 1.82) is 0 Å². The van der Waals surface area contributed by atoms with E-state index in [1.54, 1.807) is 23.3 Å². The van der Waals surface area contributed by atoms with Gasteiger partial charge in [0.15, 0.2) is 0 Å². The number of carboxylic acids is 1. The lowest BCUT2D eigenvalue weighted by atomic mass is 10.2. The molecule has 8 heteroatoms. The van der Waals surface area contributed by atoms with Gasteiger partial charge in [-0.05, 0) is 18.2 Å². The summed E-state index contributed by atoms with van der Waals surface area (Å²) in [5.74, 6) is -1.06. The molecule has 0 spiro atoms. The zero-order valence-electron chi connectivity index (χ0n) is 10.9. The van der Waals surface area contributed by atoms with Crippen molar-refractivity contribution in [3.05, 3.63) is 42.5 Å². The van der Waals surface area contributed by atoms with Crippen molar-refractivity contribution in [2.45, 2.75) is 12.5 Å². The summed E-state index contributed by atoms with van der Waals surface area (Å²) < 4.78 is 1.55. The molecular weight excluding hydrogens is 272 g/mol. The van der Waals surface area contributed by atoms with Gasteiger partial charge in [0.2, 0.25) is 0 Å². The highest BCUT2D eigenvalue weighted by atomic mass is 16.4. The van der Waals surface area contributed by atoms with E-state index in [1.807, 2.05) is 18.2 Å². The third-order valence-corrected chi connectivity index (χ3v) is 3.00. The van der Waals surface area contributed by atoms with Crippen LogP contribution in [0.4, 0.5) is 0 Å². The molecule has 3 N–H and O–H groups in total. The molecule has 21 heavy (non-hydrogen) atoms. The van der Waals surface area contributed by atoms with Crippen molar-refractivity contribution < 1.29 is 9.90 Å². The number of aromatic nitrogens is 5. The minimum Gasteiger partial charge on any atom is -0.480 e. The van der Waals surface area contributed by atoms with Gasteiger partial charge >= 0.3 is 5.97 Å². The van der Waals surface area contributed by atoms with Gasteiger partial charge in [0, 0.05) is 18.8 Å². The van der Waals surface area contributed by atoms with E-state index in [1.165, 1.54) is 0 Å². The van der Waals surface area contributed by atoms with Crippen molar-refractivity contribution in [3.8, 4) is 5.69 Å². The first-order valence-corrected chi connectivity index (χ1v) is 6.24. The topological polar surface area (TPSA) is 120 Å². The van der Waals surface area contributed by atoms with Crippen LogP contribution in [0, 0.1) is 0 Å². The van der Waals surface area contributed by atoms with Crippen LogP contribution in [0.1, 0.15) is 5.69 Å². The van der Waals surface area contributed by atoms with Crippen LogP contribution >= 0.6 is 0 Å². The Hall–Kier alpha value is -2.87. The third kappa shape index (κ3) is 2.70.